The first kappa shape index (κ1) is 16.5. The standard InChI is InChI=1S/C18H14N4O3S/c23-16-13-6-1-2-7-14(13)17(24)22(16)9-4-10-26-18-21-20-15(25-18)12-5-3-8-19-11-12/h1-3,5-8,11H,4,9-10H2. The van der Waals surface area contributed by atoms with Crippen molar-refractivity contribution in [2.45, 2.75) is 11.6 Å². The van der Waals surface area contributed by atoms with Gasteiger partial charge in [0.1, 0.15) is 0 Å². The van der Waals surface area contributed by atoms with E-state index in [-0.39, 0.29) is 11.8 Å². The number of rotatable bonds is 6. The number of thioether (sulfide) groups is 1. The molecule has 0 bridgehead atoms. The maximum Gasteiger partial charge on any atom is 0.276 e. The number of amides is 2. The first-order chi connectivity index (χ1) is 12.7. The normalized spacial score (nSPS) is 13.3. The van der Waals surface area contributed by atoms with Gasteiger partial charge in [-0.25, -0.2) is 0 Å². The molecule has 0 fully saturated rings. The van der Waals surface area contributed by atoms with Gasteiger partial charge in [-0.1, -0.05) is 23.9 Å². The zero-order valence-corrected chi connectivity index (χ0v) is 14.5. The maximum atomic E-state index is 12.3. The smallest absolute Gasteiger partial charge is 0.276 e. The minimum atomic E-state index is -0.229. The van der Waals surface area contributed by atoms with Crippen molar-refractivity contribution < 1.29 is 14.0 Å². The molecule has 130 valence electrons. The number of nitrogens with zero attached hydrogens (tertiary/aromatic N) is 4. The second kappa shape index (κ2) is 7.09. The number of aromatic nitrogens is 3. The Bertz CT molecular complexity index is 923. The monoisotopic (exact) mass is 366 g/mol. The molecule has 0 unspecified atom stereocenters. The number of hydrogen-bond donors (Lipinski definition) is 0. The Kier molecular flexibility index (Phi) is 4.49. The lowest BCUT2D eigenvalue weighted by atomic mass is 10.1. The van der Waals surface area contributed by atoms with Gasteiger partial charge >= 0.3 is 0 Å². The van der Waals surface area contributed by atoms with E-state index in [2.05, 4.69) is 15.2 Å². The van der Waals surface area contributed by atoms with Crippen LogP contribution in [0.25, 0.3) is 11.5 Å². The second-order valence-electron chi connectivity index (χ2n) is 5.62. The average Bonchev–Trinajstić information content (AvgIpc) is 3.25. The van der Waals surface area contributed by atoms with Crippen LogP contribution in [0.3, 0.4) is 0 Å². The third kappa shape index (κ3) is 3.11. The third-order valence-corrected chi connectivity index (χ3v) is 4.85. The Morgan fingerprint density at radius 2 is 1.77 bits per heavy atom. The zero-order valence-electron chi connectivity index (χ0n) is 13.7. The van der Waals surface area contributed by atoms with Crippen LogP contribution in [0.1, 0.15) is 27.1 Å². The first-order valence-corrected chi connectivity index (χ1v) is 9.04. The lowest BCUT2D eigenvalue weighted by Gasteiger charge is -2.12. The zero-order chi connectivity index (χ0) is 17.9. The fraction of sp³-hybridized carbons (Fsp3) is 0.167. The van der Waals surface area contributed by atoms with Gasteiger partial charge in [0.05, 0.1) is 16.7 Å². The van der Waals surface area contributed by atoms with Crippen molar-refractivity contribution in [2.24, 2.45) is 0 Å². The minimum Gasteiger partial charge on any atom is -0.411 e. The highest BCUT2D eigenvalue weighted by molar-refractivity contribution is 7.99. The summed E-state index contributed by atoms with van der Waals surface area (Å²) >= 11 is 1.40. The van der Waals surface area contributed by atoms with Gasteiger partial charge in [0.2, 0.25) is 5.89 Å². The summed E-state index contributed by atoms with van der Waals surface area (Å²) in [6.45, 7) is 0.364. The third-order valence-electron chi connectivity index (χ3n) is 3.94. The van der Waals surface area contributed by atoms with Gasteiger partial charge in [0.25, 0.3) is 17.0 Å². The van der Waals surface area contributed by atoms with Crippen molar-refractivity contribution in [3.8, 4) is 11.5 Å². The molecule has 2 aromatic heterocycles. The van der Waals surface area contributed by atoms with E-state index in [1.54, 1.807) is 42.7 Å². The summed E-state index contributed by atoms with van der Waals surface area (Å²) in [4.78, 5) is 29.9. The largest absolute Gasteiger partial charge is 0.411 e. The Balaban J connectivity index is 1.31. The van der Waals surface area contributed by atoms with E-state index < -0.39 is 0 Å². The van der Waals surface area contributed by atoms with Gasteiger partial charge in [-0.05, 0) is 30.7 Å². The Morgan fingerprint density at radius 3 is 2.46 bits per heavy atom. The molecule has 0 radical (unpaired) electrons. The summed E-state index contributed by atoms with van der Waals surface area (Å²) in [5.74, 6) is 0.614. The van der Waals surface area contributed by atoms with Gasteiger partial charge in [0, 0.05) is 24.7 Å². The molecule has 1 aliphatic heterocycles. The summed E-state index contributed by atoms with van der Waals surface area (Å²) in [6, 6.07) is 10.5. The van der Waals surface area contributed by atoms with Crippen molar-refractivity contribution in [3.63, 3.8) is 0 Å². The molecular formula is C18H14N4O3S. The van der Waals surface area contributed by atoms with Crippen molar-refractivity contribution >= 4 is 23.6 Å². The fourth-order valence-electron chi connectivity index (χ4n) is 2.70. The maximum absolute atomic E-state index is 12.3. The van der Waals surface area contributed by atoms with E-state index in [9.17, 15) is 9.59 Å². The van der Waals surface area contributed by atoms with Crippen LogP contribution in [-0.4, -0.2) is 44.2 Å². The molecule has 3 aromatic rings. The van der Waals surface area contributed by atoms with Crippen LogP contribution >= 0.6 is 11.8 Å². The molecule has 3 heterocycles. The second-order valence-corrected chi connectivity index (χ2v) is 6.67. The Morgan fingerprint density at radius 1 is 1.00 bits per heavy atom. The van der Waals surface area contributed by atoms with Crippen LogP contribution in [0.4, 0.5) is 0 Å². The molecule has 0 aliphatic carbocycles. The summed E-state index contributed by atoms with van der Waals surface area (Å²) < 4.78 is 5.59. The highest BCUT2D eigenvalue weighted by Gasteiger charge is 2.34. The summed E-state index contributed by atoms with van der Waals surface area (Å²) in [5.41, 5.74) is 1.71. The minimum absolute atomic E-state index is 0.229. The van der Waals surface area contributed by atoms with Crippen LogP contribution in [0.5, 0.6) is 0 Å². The van der Waals surface area contributed by atoms with Crippen LogP contribution in [0.2, 0.25) is 0 Å². The molecule has 0 saturated carbocycles. The Hall–Kier alpha value is -3.00. The average molecular weight is 366 g/mol. The lowest BCUT2D eigenvalue weighted by Crippen LogP contribution is -2.30. The Labute approximate surface area is 153 Å². The van der Waals surface area contributed by atoms with Crippen molar-refractivity contribution in [1.82, 2.24) is 20.1 Å². The molecule has 0 saturated heterocycles. The van der Waals surface area contributed by atoms with E-state index in [4.69, 9.17) is 4.42 Å². The molecule has 26 heavy (non-hydrogen) atoms. The van der Waals surface area contributed by atoms with Gasteiger partial charge in [-0.3, -0.25) is 19.5 Å². The SMILES string of the molecule is O=C1c2ccccc2C(=O)N1CCCSc1nnc(-c2cccnc2)o1. The van der Waals surface area contributed by atoms with E-state index in [0.717, 1.165) is 5.56 Å². The van der Waals surface area contributed by atoms with Gasteiger partial charge < -0.3 is 4.42 Å². The number of imide groups is 1. The number of carbonyl (C=O) groups is 2. The summed E-state index contributed by atoms with van der Waals surface area (Å²) in [5, 5.41) is 8.44. The van der Waals surface area contributed by atoms with Crippen LogP contribution < -0.4 is 0 Å². The number of benzene rings is 1. The predicted octanol–water partition coefficient (Wildman–Crippen LogP) is 2.91. The number of hydrogen-bond acceptors (Lipinski definition) is 7. The van der Waals surface area contributed by atoms with E-state index >= 15 is 0 Å². The molecule has 8 heteroatoms. The summed E-state index contributed by atoms with van der Waals surface area (Å²) in [7, 11) is 0. The molecule has 4 rings (SSSR count). The highest BCUT2D eigenvalue weighted by Crippen LogP contribution is 2.25. The van der Waals surface area contributed by atoms with Crippen molar-refractivity contribution in [3.05, 3.63) is 59.9 Å². The van der Waals surface area contributed by atoms with E-state index in [1.807, 2.05) is 6.07 Å². The van der Waals surface area contributed by atoms with Crippen molar-refractivity contribution in [2.75, 3.05) is 12.3 Å². The van der Waals surface area contributed by atoms with Crippen LogP contribution in [0.15, 0.2) is 58.4 Å². The van der Waals surface area contributed by atoms with Gasteiger partial charge in [-0.2, -0.15) is 0 Å². The molecule has 1 aromatic carbocycles. The topological polar surface area (TPSA) is 89.2 Å². The molecule has 7 nitrogen and oxygen atoms in total. The molecule has 0 spiro atoms. The number of fused-ring (bicyclic) bond motifs is 1. The summed E-state index contributed by atoms with van der Waals surface area (Å²) in [6.07, 6.45) is 3.97. The first-order valence-electron chi connectivity index (χ1n) is 8.06. The van der Waals surface area contributed by atoms with E-state index in [1.165, 1.54) is 16.7 Å². The number of carbonyl (C=O) groups excluding carboxylic acids is 2. The predicted molar refractivity (Wildman–Crippen MR) is 94.7 cm³/mol. The molecular weight excluding hydrogens is 352 g/mol. The number of pyridine rings is 1. The van der Waals surface area contributed by atoms with Gasteiger partial charge in [-0.15, -0.1) is 10.2 Å². The van der Waals surface area contributed by atoms with E-state index in [0.29, 0.717) is 41.0 Å². The van der Waals surface area contributed by atoms with Crippen LogP contribution in [-0.2, 0) is 0 Å². The van der Waals surface area contributed by atoms with Crippen LogP contribution in [0, 0.1) is 0 Å². The van der Waals surface area contributed by atoms with Crippen molar-refractivity contribution in [1.29, 1.82) is 0 Å². The quantitative estimate of drug-likeness (QED) is 0.376. The van der Waals surface area contributed by atoms with Gasteiger partial charge in [0.15, 0.2) is 0 Å². The molecule has 1 aliphatic rings. The fourth-order valence-corrected chi connectivity index (χ4v) is 3.38. The highest BCUT2D eigenvalue weighted by atomic mass is 32.2. The molecule has 0 N–H and O–H groups in total. The lowest BCUT2D eigenvalue weighted by molar-refractivity contribution is 0.0655. The molecule has 2 amide bonds. The molecule has 0 atom stereocenters.